The Morgan fingerprint density at radius 3 is 1.24 bits per heavy atom. The molecule has 8 unspecified atom stereocenters. The van der Waals surface area contributed by atoms with Gasteiger partial charge in [-0.2, -0.15) is 70.6 Å². The fourth-order valence-corrected chi connectivity index (χ4v) is 17.5. The molecule has 2 saturated carbocycles. The summed E-state index contributed by atoms with van der Waals surface area (Å²) in [5, 5.41) is 27.4. The fourth-order valence-electron chi connectivity index (χ4n) is 11.0. The third-order valence-electron chi connectivity index (χ3n) is 14.1. The van der Waals surface area contributed by atoms with Crippen LogP contribution in [0.3, 0.4) is 0 Å². The van der Waals surface area contributed by atoms with Crippen molar-refractivity contribution in [2.75, 3.05) is 69.0 Å². The van der Waals surface area contributed by atoms with Crippen LogP contribution in [-0.4, -0.2) is 127 Å². The van der Waals surface area contributed by atoms with E-state index >= 15 is 0 Å². The Balaban J connectivity index is 0.000000345. The van der Waals surface area contributed by atoms with E-state index < -0.39 is 11.9 Å². The van der Waals surface area contributed by atoms with Crippen molar-refractivity contribution in [1.82, 2.24) is 0 Å². The molecule has 3 aliphatic heterocycles. The number of ether oxygens (including phenoxy) is 2. The van der Waals surface area contributed by atoms with Crippen LogP contribution in [0.2, 0.25) is 0 Å². The Hall–Kier alpha value is -0.840. The van der Waals surface area contributed by atoms with E-state index in [1.165, 1.54) is 42.4 Å². The maximum Gasteiger partial charge on any atom is 0.306 e. The van der Waals surface area contributed by atoms with E-state index in [9.17, 15) is 24.3 Å². The number of carbonyl (C=O) groups excluding carboxylic acids is 2. The van der Waals surface area contributed by atoms with Crippen LogP contribution < -0.4 is 0 Å². The average molecular weight is 1060 g/mol. The van der Waals surface area contributed by atoms with E-state index in [0.29, 0.717) is 42.4 Å². The van der Waals surface area contributed by atoms with Gasteiger partial charge >= 0.3 is 23.9 Å². The summed E-state index contributed by atoms with van der Waals surface area (Å²) in [6, 6.07) is 0. The molecular weight excluding hydrogens is 973 g/mol. The van der Waals surface area contributed by atoms with Gasteiger partial charge in [0, 0.05) is 94.7 Å². The maximum atomic E-state index is 13.0. The maximum absolute atomic E-state index is 13.0. The topological polar surface area (TPSA) is 147 Å². The van der Waals surface area contributed by atoms with E-state index in [-0.39, 0.29) is 54.9 Å². The molecule has 0 aromatic carbocycles. The predicted molar refractivity (Wildman–Crippen MR) is 297 cm³/mol. The molecule has 15 heteroatoms. The molecule has 0 bridgehead atoms. The zero-order chi connectivity index (χ0) is 49.8. The summed E-state index contributed by atoms with van der Waals surface area (Å²) in [7, 11) is 0. The summed E-state index contributed by atoms with van der Waals surface area (Å²) in [5.74, 6) is 12.7. The molecule has 5 aliphatic rings. The Bertz CT molecular complexity index is 1510. The van der Waals surface area contributed by atoms with Gasteiger partial charge in [0.2, 0.25) is 0 Å². The van der Waals surface area contributed by atoms with Crippen molar-refractivity contribution in [3.63, 3.8) is 0 Å². The lowest BCUT2D eigenvalue weighted by Gasteiger charge is -2.43. The van der Waals surface area contributed by atoms with Crippen LogP contribution >= 0.6 is 70.6 Å². The average Bonchev–Trinajstić information content (AvgIpc) is 3.27. The number of aliphatic carboxylic acids is 2. The van der Waals surface area contributed by atoms with E-state index in [1.807, 2.05) is 47.0 Å². The molecule has 9 nitrogen and oxygen atoms in total. The number of rotatable bonds is 18. The van der Waals surface area contributed by atoms with E-state index in [4.69, 9.17) is 19.7 Å². The quantitative estimate of drug-likeness (QED) is 0.0883. The first-order valence-electron chi connectivity index (χ1n) is 25.6. The second-order valence-electron chi connectivity index (χ2n) is 19.7. The first-order chi connectivity index (χ1) is 32.7. The first kappa shape index (κ1) is 61.5. The summed E-state index contributed by atoms with van der Waals surface area (Å²) >= 11 is 10.9. The normalized spacial score (nSPS) is 28.3. The molecule has 5 fully saturated rings. The van der Waals surface area contributed by atoms with Crippen LogP contribution in [0.1, 0.15) is 130 Å². The van der Waals surface area contributed by atoms with Crippen LogP contribution in [0.25, 0.3) is 0 Å². The third-order valence-corrected chi connectivity index (χ3v) is 21.5. The van der Waals surface area contributed by atoms with Crippen LogP contribution in [-0.2, 0) is 28.7 Å². The monoisotopic (exact) mass is 1060 g/mol. The lowest BCUT2D eigenvalue weighted by Crippen LogP contribution is -2.37. The number of carbonyl (C=O) groups is 4. The largest absolute Gasteiger partial charge is 0.481 e. The number of hydrogen-bond acceptors (Lipinski definition) is 13. The Kier molecular flexibility index (Phi) is 31.9. The van der Waals surface area contributed by atoms with Gasteiger partial charge in [-0.05, 0) is 85.9 Å². The Labute approximate surface area is 437 Å². The highest BCUT2D eigenvalue weighted by Gasteiger charge is 2.40. The van der Waals surface area contributed by atoms with Crippen molar-refractivity contribution in [2.45, 2.75) is 149 Å². The number of aliphatic hydroxyl groups is 1. The van der Waals surface area contributed by atoms with Crippen LogP contribution in [0.4, 0.5) is 0 Å². The molecule has 2 aliphatic carbocycles. The molecule has 0 aromatic rings. The number of hydrogen-bond donors (Lipinski definition) is 3. The molecule has 3 N–H and O–H groups in total. The minimum atomic E-state index is -0.800. The second kappa shape index (κ2) is 35.3. The molecule has 0 amide bonds. The molecule has 0 spiro atoms. The number of carboxylic acid groups (broad SMARTS) is 2. The molecule has 0 radical (unpaired) electrons. The van der Waals surface area contributed by atoms with Crippen LogP contribution in [0, 0.1) is 47.3 Å². The molecule has 390 valence electrons. The van der Waals surface area contributed by atoms with Gasteiger partial charge in [-0.1, -0.05) is 103 Å². The van der Waals surface area contributed by atoms with Gasteiger partial charge in [0.1, 0.15) is 12.2 Å². The van der Waals surface area contributed by atoms with Crippen molar-refractivity contribution in [2.24, 2.45) is 47.3 Å². The van der Waals surface area contributed by atoms with Gasteiger partial charge in [-0.25, -0.2) is 0 Å². The molecular formula is C53H88O9S6. The minimum absolute atomic E-state index is 0.00230. The molecule has 8 atom stereocenters. The standard InChI is InChI=1S/C31H50O4S4.C15H26O4.C7H12OS2/c1-5-7-28-24(6-2)8-9-25(10-12-30(32)34-26-18-36-14-22(3)15-37-19-26)29(28)11-13-31(33)35-27-20-38-16-23(4)17-39-21-27;1-3-5-12-10(4-2)6-7-11(8-14(16)17)13(12)9-15(18)19;1-6-2-9-4-7(8)5-10-3-6/h24-29H,3-21H2,1-2H3;10-13H,3-9H2,1-2H3,(H,16,17)(H,18,19);7-8H,1-5H2. The smallest absolute Gasteiger partial charge is 0.306 e. The summed E-state index contributed by atoms with van der Waals surface area (Å²) in [6.45, 7) is 21.0. The van der Waals surface area contributed by atoms with Crippen molar-refractivity contribution in [3.8, 4) is 0 Å². The van der Waals surface area contributed by atoms with Crippen molar-refractivity contribution in [1.29, 1.82) is 0 Å². The van der Waals surface area contributed by atoms with E-state index in [0.717, 1.165) is 126 Å². The summed E-state index contributed by atoms with van der Waals surface area (Å²) < 4.78 is 11.9. The Morgan fingerprint density at radius 2 is 0.838 bits per heavy atom. The molecule has 3 heterocycles. The first-order valence-corrected chi connectivity index (χ1v) is 32.6. The van der Waals surface area contributed by atoms with Crippen molar-refractivity contribution >= 4 is 94.4 Å². The molecule has 5 rings (SSSR count). The summed E-state index contributed by atoms with van der Waals surface area (Å²) in [6.07, 6.45) is 13.9. The van der Waals surface area contributed by atoms with Gasteiger partial charge in [-0.15, -0.1) is 0 Å². The molecule has 68 heavy (non-hydrogen) atoms. The SMILES string of the molecule is C=C1CSCC(O)CSC1.C=C1CSCC(OC(=O)CCC2CCC(CC)C(CCC)C2CCC(=O)OC2CSCC(=C)CSC2)CSC1.CCCC1C(CC)CCC(CC(=O)O)C1CC(=O)O. The fraction of sp³-hybridized carbons (Fsp3) is 0.811. The van der Waals surface area contributed by atoms with E-state index in [1.54, 1.807) is 23.5 Å². The lowest BCUT2D eigenvalue weighted by molar-refractivity contribution is -0.149. The number of carboxylic acids is 2. The summed E-state index contributed by atoms with van der Waals surface area (Å²) in [4.78, 5) is 47.9. The predicted octanol–water partition coefficient (Wildman–Crippen LogP) is 12.7. The third kappa shape index (κ3) is 24.3. The van der Waals surface area contributed by atoms with Crippen molar-refractivity contribution < 1.29 is 44.0 Å². The van der Waals surface area contributed by atoms with Crippen LogP contribution in [0.5, 0.6) is 0 Å². The van der Waals surface area contributed by atoms with Gasteiger partial charge in [0.15, 0.2) is 0 Å². The number of aliphatic hydroxyl groups excluding tert-OH is 1. The highest BCUT2D eigenvalue weighted by Crippen LogP contribution is 2.47. The van der Waals surface area contributed by atoms with Gasteiger partial charge < -0.3 is 24.8 Å². The number of esters is 2. The molecule has 3 saturated heterocycles. The number of thioether (sulfide) groups is 6. The highest BCUT2D eigenvalue weighted by molar-refractivity contribution is 8.02. The lowest BCUT2D eigenvalue weighted by atomic mass is 9.62. The van der Waals surface area contributed by atoms with Gasteiger partial charge in [0.05, 0.1) is 6.10 Å². The van der Waals surface area contributed by atoms with Gasteiger partial charge in [0.25, 0.3) is 0 Å². The highest BCUT2D eigenvalue weighted by atomic mass is 32.2. The van der Waals surface area contributed by atoms with Crippen LogP contribution in [0.15, 0.2) is 36.5 Å². The molecule has 0 aromatic heterocycles. The zero-order valence-electron chi connectivity index (χ0n) is 42.0. The van der Waals surface area contributed by atoms with Gasteiger partial charge in [-0.3, -0.25) is 19.2 Å². The van der Waals surface area contributed by atoms with Crippen molar-refractivity contribution in [3.05, 3.63) is 36.5 Å². The Morgan fingerprint density at radius 1 is 0.485 bits per heavy atom. The second-order valence-corrected chi connectivity index (χ2v) is 25.9. The zero-order valence-corrected chi connectivity index (χ0v) is 46.9. The van der Waals surface area contributed by atoms with E-state index in [2.05, 4.69) is 47.4 Å². The minimum Gasteiger partial charge on any atom is -0.481 e. The summed E-state index contributed by atoms with van der Waals surface area (Å²) in [5.41, 5.74) is 3.83.